The normalized spacial score (nSPS) is 19.7. The second-order valence-electron chi connectivity index (χ2n) is 6.82. The molecule has 0 aromatic heterocycles. The van der Waals surface area contributed by atoms with Gasteiger partial charge in [-0.1, -0.05) is 46.0 Å². The molecule has 1 aliphatic carbocycles. The Morgan fingerprint density at radius 3 is 2.39 bits per heavy atom. The molecule has 3 unspecified atom stereocenters. The molecule has 1 aliphatic rings. The highest BCUT2D eigenvalue weighted by Crippen LogP contribution is 2.33. The highest BCUT2D eigenvalue weighted by atomic mass is 35.5. The molecule has 0 bridgehead atoms. The number of carbonyl (C=O) groups excluding carboxylic acids is 1. The SMILES string of the molecule is COC(=O)C(CC(C)C)C[PH](=O)OC(N)CC1CCCCC1.Cl. The van der Waals surface area contributed by atoms with Gasteiger partial charge in [-0.2, -0.15) is 0 Å². The number of esters is 1. The number of rotatable bonds is 9. The summed E-state index contributed by atoms with van der Waals surface area (Å²) in [6, 6.07) is 0. The van der Waals surface area contributed by atoms with Gasteiger partial charge < -0.3 is 15.0 Å². The predicted octanol–water partition coefficient (Wildman–Crippen LogP) is 3.99. The second kappa shape index (κ2) is 12.3. The minimum atomic E-state index is -2.31. The van der Waals surface area contributed by atoms with E-state index in [2.05, 4.69) is 0 Å². The summed E-state index contributed by atoms with van der Waals surface area (Å²) in [6.45, 7) is 4.06. The molecule has 1 saturated carbocycles. The van der Waals surface area contributed by atoms with Crippen molar-refractivity contribution in [3.63, 3.8) is 0 Å². The van der Waals surface area contributed by atoms with Gasteiger partial charge in [-0.05, 0) is 24.7 Å². The molecule has 0 aromatic carbocycles. The van der Waals surface area contributed by atoms with Gasteiger partial charge >= 0.3 is 5.97 Å². The first-order valence-corrected chi connectivity index (χ1v) is 9.97. The number of nitrogens with two attached hydrogens (primary N) is 1. The van der Waals surface area contributed by atoms with E-state index in [0.717, 1.165) is 6.42 Å². The van der Waals surface area contributed by atoms with Crippen molar-refractivity contribution in [1.82, 2.24) is 0 Å². The van der Waals surface area contributed by atoms with Crippen LogP contribution in [0.2, 0.25) is 0 Å². The summed E-state index contributed by atoms with van der Waals surface area (Å²) in [4.78, 5) is 11.8. The van der Waals surface area contributed by atoms with Crippen LogP contribution in [0, 0.1) is 17.8 Å². The number of halogens is 1. The van der Waals surface area contributed by atoms with Crippen LogP contribution in [0.15, 0.2) is 0 Å². The topological polar surface area (TPSA) is 78.6 Å². The standard InChI is InChI=1S/C16H32NO4P.ClH/c1-12(2)9-14(16(18)20-3)11-22(19)21-15(17)10-13-7-5-4-6-8-13;/h12-15,22H,4-11,17H2,1-3H3;1H. The maximum atomic E-state index is 12.2. The lowest BCUT2D eigenvalue weighted by Crippen LogP contribution is -2.27. The third-order valence-corrected chi connectivity index (χ3v) is 5.67. The van der Waals surface area contributed by atoms with Gasteiger partial charge in [0.25, 0.3) is 0 Å². The molecule has 1 rings (SSSR count). The quantitative estimate of drug-likeness (QED) is 0.377. The van der Waals surface area contributed by atoms with E-state index in [4.69, 9.17) is 15.0 Å². The maximum absolute atomic E-state index is 12.2. The Balaban J connectivity index is 0.00000484. The summed E-state index contributed by atoms with van der Waals surface area (Å²) < 4.78 is 22.5. The van der Waals surface area contributed by atoms with E-state index in [0.29, 0.717) is 18.3 Å². The summed E-state index contributed by atoms with van der Waals surface area (Å²) in [5.41, 5.74) is 5.98. The third kappa shape index (κ3) is 9.71. The van der Waals surface area contributed by atoms with Gasteiger partial charge in [0.1, 0.15) is 6.23 Å². The van der Waals surface area contributed by atoms with Gasteiger partial charge in [0, 0.05) is 6.16 Å². The molecule has 0 spiro atoms. The highest BCUT2D eigenvalue weighted by Gasteiger charge is 2.25. The van der Waals surface area contributed by atoms with Crippen molar-refractivity contribution < 1.29 is 18.6 Å². The smallest absolute Gasteiger partial charge is 0.309 e. The van der Waals surface area contributed by atoms with E-state index in [9.17, 15) is 9.36 Å². The Morgan fingerprint density at radius 2 is 1.87 bits per heavy atom. The molecule has 0 saturated heterocycles. The fourth-order valence-corrected chi connectivity index (χ4v) is 4.48. The van der Waals surface area contributed by atoms with Gasteiger partial charge in [-0.15, -0.1) is 12.4 Å². The first kappa shape index (κ1) is 22.9. The molecule has 5 nitrogen and oxygen atoms in total. The molecule has 0 aliphatic heterocycles. The van der Waals surface area contributed by atoms with E-state index < -0.39 is 14.3 Å². The Labute approximate surface area is 147 Å². The second-order valence-corrected chi connectivity index (χ2v) is 8.21. The van der Waals surface area contributed by atoms with Crippen molar-refractivity contribution in [3.8, 4) is 0 Å². The summed E-state index contributed by atoms with van der Waals surface area (Å²) in [6.07, 6.45) is 7.37. The maximum Gasteiger partial charge on any atom is 0.309 e. The molecule has 138 valence electrons. The summed E-state index contributed by atoms with van der Waals surface area (Å²) in [5, 5.41) is 0. The molecular formula is C16H33ClNO4P. The largest absolute Gasteiger partial charge is 0.469 e. The van der Waals surface area contributed by atoms with Crippen LogP contribution in [-0.2, 0) is 18.6 Å². The molecule has 0 heterocycles. The van der Waals surface area contributed by atoms with Crippen LogP contribution in [0.4, 0.5) is 0 Å². The predicted molar refractivity (Wildman–Crippen MR) is 96.3 cm³/mol. The van der Waals surface area contributed by atoms with E-state index in [1.54, 1.807) is 0 Å². The lowest BCUT2D eigenvalue weighted by Gasteiger charge is -2.25. The van der Waals surface area contributed by atoms with Crippen LogP contribution in [-0.4, -0.2) is 25.5 Å². The zero-order chi connectivity index (χ0) is 16.5. The zero-order valence-electron chi connectivity index (χ0n) is 14.6. The van der Waals surface area contributed by atoms with Crippen molar-refractivity contribution in [1.29, 1.82) is 0 Å². The third-order valence-electron chi connectivity index (χ3n) is 4.28. The first-order chi connectivity index (χ1) is 10.4. The van der Waals surface area contributed by atoms with Crippen LogP contribution in [0.3, 0.4) is 0 Å². The molecule has 2 N–H and O–H groups in total. The molecule has 1 fully saturated rings. The summed E-state index contributed by atoms with van der Waals surface area (Å²) in [7, 11) is -0.949. The van der Waals surface area contributed by atoms with E-state index in [1.165, 1.54) is 39.2 Å². The molecule has 7 heteroatoms. The monoisotopic (exact) mass is 369 g/mol. The van der Waals surface area contributed by atoms with Gasteiger partial charge in [-0.3, -0.25) is 9.36 Å². The number of hydrogen-bond acceptors (Lipinski definition) is 5. The summed E-state index contributed by atoms with van der Waals surface area (Å²) >= 11 is 0. The molecule has 0 amide bonds. The average molecular weight is 370 g/mol. The minimum Gasteiger partial charge on any atom is -0.469 e. The van der Waals surface area contributed by atoms with Crippen molar-refractivity contribution in [3.05, 3.63) is 0 Å². The van der Waals surface area contributed by atoms with Crippen LogP contribution < -0.4 is 5.73 Å². The molecule has 0 aromatic rings. The van der Waals surface area contributed by atoms with Crippen molar-refractivity contribution in [2.75, 3.05) is 13.3 Å². The van der Waals surface area contributed by atoms with Crippen LogP contribution in [0.25, 0.3) is 0 Å². The van der Waals surface area contributed by atoms with Gasteiger partial charge in [-0.25, -0.2) is 0 Å². The Bertz CT molecular complexity index is 362. The van der Waals surface area contributed by atoms with Crippen molar-refractivity contribution >= 4 is 26.4 Å². The van der Waals surface area contributed by atoms with E-state index in [-0.39, 0.29) is 30.5 Å². The number of hydrogen-bond donors (Lipinski definition) is 1. The Kier molecular flexibility index (Phi) is 12.2. The lowest BCUT2D eigenvalue weighted by molar-refractivity contribution is -0.145. The van der Waals surface area contributed by atoms with Gasteiger partial charge in [0.15, 0.2) is 8.03 Å². The number of methoxy groups -OCH3 is 1. The fraction of sp³-hybridized carbons (Fsp3) is 0.938. The minimum absolute atomic E-state index is 0. The van der Waals surface area contributed by atoms with Crippen LogP contribution in [0.1, 0.15) is 58.8 Å². The lowest BCUT2D eigenvalue weighted by atomic mass is 9.87. The van der Waals surface area contributed by atoms with Gasteiger partial charge in [0.2, 0.25) is 0 Å². The number of carbonyl (C=O) groups is 1. The molecule has 3 atom stereocenters. The molecule has 0 radical (unpaired) electrons. The number of ether oxygens (including phenoxy) is 1. The average Bonchev–Trinajstić information content (AvgIpc) is 2.46. The van der Waals surface area contributed by atoms with Crippen molar-refractivity contribution in [2.45, 2.75) is 65.0 Å². The van der Waals surface area contributed by atoms with Crippen LogP contribution >= 0.6 is 20.4 Å². The Hall–Kier alpha value is -0.0900. The zero-order valence-corrected chi connectivity index (χ0v) is 16.4. The summed E-state index contributed by atoms with van der Waals surface area (Å²) in [5.74, 6) is 0.259. The van der Waals surface area contributed by atoms with E-state index >= 15 is 0 Å². The van der Waals surface area contributed by atoms with E-state index in [1.807, 2.05) is 13.8 Å². The fourth-order valence-electron chi connectivity index (χ4n) is 3.22. The van der Waals surface area contributed by atoms with Crippen LogP contribution in [0.5, 0.6) is 0 Å². The first-order valence-electron chi connectivity index (χ1n) is 8.45. The molecular weight excluding hydrogens is 337 g/mol. The Morgan fingerprint density at radius 1 is 1.26 bits per heavy atom. The van der Waals surface area contributed by atoms with Crippen molar-refractivity contribution in [2.24, 2.45) is 23.5 Å². The van der Waals surface area contributed by atoms with Gasteiger partial charge in [0.05, 0.1) is 13.0 Å². The molecule has 23 heavy (non-hydrogen) atoms. The highest BCUT2D eigenvalue weighted by molar-refractivity contribution is 7.39.